The fourth-order valence-electron chi connectivity index (χ4n) is 4.71. The van der Waals surface area contributed by atoms with Gasteiger partial charge in [-0.1, -0.05) is 18.2 Å². The lowest BCUT2D eigenvalue weighted by atomic mass is 10.0. The van der Waals surface area contributed by atoms with Crippen molar-refractivity contribution < 1.29 is 28.9 Å². The first-order valence-electron chi connectivity index (χ1n) is 13.6. The second-order valence-electron chi connectivity index (χ2n) is 11.0. The topological polar surface area (TPSA) is 97.3 Å². The van der Waals surface area contributed by atoms with Gasteiger partial charge in [0.1, 0.15) is 17.1 Å². The number of nitrogens with one attached hydrogen (secondary N) is 1. The molecule has 1 unspecified atom stereocenters. The van der Waals surface area contributed by atoms with Crippen LogP contribution in [0.25, 0.3) is 0 Å². The normalized spacial score (nSPS) is 15.0. The Hall–Kier alpha value is -4.20. The van der Waals surface area contributed by atoms with Crippen molar-refractivity contribution in [3.63, 3.8) is 0 Å². The highest BCUT2D eigenvalue weighted by molar-refractivity contribution is 5.87. The SMILES string of the molecule is COc1ccc(Oc2cc(CCc3cccc(C(=O)O)c3)ccc2NCC2CCCN2C(=O)OC(C)(C)C)cc1. The number of likely N-dealkylation sites (tertiary alicyclic amines) is 1. The van der Waals surface area contributed by atoms with Crippen molar-refractivity contribution in [1.82, 2.24) is 4.90 Å². The van der Waals surface area contributed by atoms with Gasteiger partial charge in [-0.25, -0.2) is 9.59 Å². The Morgan fingerprint density at radius 3 is 2.35 bits per heavy atom. The van der Waals surface area contributed by atoms with Crippen molar-refractivity contribution >= 4 is 17.7 Å². The van der Waals surface area contributed by atoms with Gasteiger partial charge >= 0.3 is 12.1 Å². The van der Waals surface area contributed by atoms with Gasteiger partial charge in [-0.05, 0) is 106 Å². The highest BCUT2D eigenvalue weighted by Gasteiger charge is 2.32. The van der Waals surface area contributed by atoms with Crippen LogP contribution >= 0.6 is 0 Å². The van der Waals surface area contributed by atoms with Gasteiger partial charge in [-0.15, -0.1) is 0 Å². The van der Waals surface area contributed by atoms with Gasteiger partial charge < -0.3 is 29.5 Å². The average molecular weight is 547 g/mol. The van der Waals surface area contributed by atoms with Crippen LogP contribution in [0.3, 0.4) is 0 Å². The van der Waals surface area contributed by atoms with Crippen LogP contribution in [0.4, 0.5) is 10.5 Å². The summed E-state index contributed by atoms with van der Waals surface area (Å²) in [5, 5.41) is 12.8. The molecule has 0 spiro atoms. The number of aryl methyl sites for hydroxylation is 2. The van der Waals surface area contributed by atoms with Gasteiger partial charge in [0.2, 0.25) is 0 Å². The highest BCUT2D eigenvalue weighted by atomic mass is 16.6. The molecule has 1 fully saturated rings. The molecule has 212 valence electrons. The van der Waals surface area contributed by atoms with Crippen LogP contribution in [0.5, 0.6) is 17.2 Å². The highest BCUT2D eigenvalue weighted by Crippen LogP contribution is 2.33. The van der Waals surface area contributed by atoms with E-state index in [1.54, 1.807) is 25.3 Å². The molecule has 4 rings (SSSR count). The van der Waals surface area contributed by atoms with E-state index < -0.39 is 11.6 Å². The summed E-state index contributed by atoms with van der Waals surface area (Å²) in [6.07, 6.45) is 2.96. The van der Waals surface area contributed by atoms with E-state index >= 15 is 0 Å². The molecule has 1 heterocycles. The van der Waals surface area contributed by atoms with Crippen molar-refractivity contribution in [3.8, 4) is 17.2 Å². The molecule has 0 saturated carbocycles. The maximum atomic E-state index is 12.7. The van der Waals surface area contributed by atoms with E-state index in [0.29, 0.717) is 31.0 Å². The Bertz CT molecular complexity index is 1320. The molecule has 0 bridgehead atoms. The number of carbonyl (C=O) groups is 2. The molecule has 8 heteroatoms. The smallest absolute Gasteiger partial charge is 0.410 e. The van der Waals surface area contributed by atoms with Crippen LogP contribution in [0.2, 0.25) is 0 Å². The summed E-state index contributed by atoms with van der Waals surface area (Å²) >= 11 is 0. The van der Waals surface area contributed by atoms with Crippen LogP contribution in [0, 0.1) is 0 Å². The molecule has 1 atom stereocenters. The van der Waals surface area contributed by atoms with E-state index in [1.807, 2.05) is 74.2 Å². The molecule has 0 radical (unpaired) electrons. The Morgan fingerprint density at radius 2 is 1.68 bits per heavy atom. The van der Waals surface area contributed by atoms with Gasteiger partial charge in [0.05, 0.1) is 24.4 Å². The zero-order valence-corrected chi connectivity index (χ0v) is 23.6. The number of nitrogens with zero attached hydrogens (tertiary/aromatic N) is 1. The maximum Gasteiger partial charge on any atom is 0.410 e. The Labute approximate surface area is 235 Å². The minimum absolute atomic E-state index is 0.0184. The summed E-state index contributed by atoms with van der Waals surface area (Å²) in [5.74, 6) is 1.15. The number of amides is 1. The van der Waals surface area contributed by atoms with E-state index in [4.69, 9.17) is 14.2 Å². The second-order valence-corrected chi connectivity index (χ2v) is 11.0. The molecule has 1 saturated heterocycles. The maximum absolute atomic E-state index is 12.7. The number of hydrogen-bond donors (Lipinski definition) is 2. The van der Waals surface area contributed by atoms with Gasteiger partial charge in [-0.3, -0.25) is 0 Å². The quantitative estimate of drug-likeness (QED) is 0.289. The lowest BCUT2D eigenvalue weighted by molar-refractivity contribution is 0.0235. The summed E-state index contributed by atoms with van der Waals surface area (Å²) in [4.78, 5) is 25.9. The molecule has 1 amide bonds. The van der Waals surface area contributed by atoms with Crippen molar-refractivity contribution in [2.45, 2.75) is 58.1 Å². The van der Waals surface area contributed by atoms with Gasteiger partial charge in [0.25, 0.3) is 0 Å². The first-order valence-corrected chi connectivity index (χ1v) is 13.6. The Kier molecular flexibility index (Phi) is 9.19. The third kappa shape index (κ3) is 7.91. The molecule has 0 aliphatic carbocycles. The average Bonchev–Trinajstić information content (AvgIpc) is 3.40. The Balaban J connectivity index is 1.50. The van der Waals surface area contributed by atoms with Gasteiger partial charge in [-0.2, -0.15) is 0 Å². The van der Waals surface area contributed by atoms with Crippen LogP contribution in [-0.4, -0.2) is 53.9 Å². The predicted octanol–water partition coefficient (Wildman–Crippen LogP) is 6.78. The van der Waals surface area contributed by atoms with Crippen molar-refractivity contribution in [2.24, 2.45) is 0 Å². The van der Waals surface area contributed by atoms with E-state index in [-0.39, 0.29) is 17.7 Å². The summed E-state index contributed by atoms with van der Waals surface area (Å²) in [7, 11) is 1.62. The summed E-state index contributed by atoms with van der Waals surface area (Å²) in [5.41, 5.74) is 2.59. The molecular formula is C32H38N2O6. The molecular weight excluding hydrogens is 508 g/mol. The number of anilines is 1. The number of ether oxygens (including phenoxy) is 3. The third-order valence-corrected chi connectivity index (χ3v) is 6.74. The first kappa shape index (κ1) is 28.8. The minimum atomic E-state index is -0.931. The van der Waals surface area contributed by atoms with Crippen LogP contribution < -0.4 is 14.8 Å². The number of methoxy groups -OCH3 is 1. The largest absolute Gasteiger partial charge is 0.497 e. The molecule has 3 aromatic carbocycles. The molecule has 3 aromatic rings. The number of carbonyl (C=O) groups excluding carboxylic acids is 1. The van der Waals surface area contributed by atoms with Crippen LogP contribution in [0.15, 0.2) is 66.7 Å². The fourth-order valence-corrected chi connectivity index (χ4v) is 4.71. The fraction of sp³-hybridized carbons (Fsp3) is 0.375. The minimum Gasteiger partial charge on any atom is -0.497 e. The number of benzene rings is 3. The van der Waals surface area contributed by atoms with Crippen molar-refractivity contribution in [1.29, 1.82) is 0 Å². The Morgan fingerprint density at radius 1 is 0.975 bits per heavy atom. The zero-order chi connectivity index (χ0) is 28.7. The molecule has 1 aliphatic heterocycles. The molecule has 2 N–H and O–H groups in total. The van der Waals surface area contributed by atoms with E-state index in [9.17, 15) is 14.7 Å². The van der Waals surface area contributed by atoms with E-state index in [2.05, 4.69) is 5.32 Å². The number of carboxylic acids is 1. The second kappa shape index (κ2) is 12.8. The first-order chi connectivity index (χ1) is 19.1. The third-order valence-electron chi connectivity index (χ3n) is 6.74. The molecule has 0 aromatic heterocycles. The molecule has 1 aliphatic rings. The molecule has 40 heavy (non-hydrogen) atoms. The van der Waals surface area contributed by atoms with E-state index in [0.717, 1.165) is 41.8 Å². The van der Waals surface area contributed by atoms with Crippen molar-refractivity contribution in [2.75, 3.05) is 25.5 Å². The van der Waals surface area contributed by atoms with Gasteiger partial charge in [0, 0.05) is 13.1 Å². The van der Waals surface area contributed by atoms with Crippen molar-refractivity contribution in [3.05, 3.63) is 83.4 Å². The summed E-state index contributed by atoms with van der Waals surface area (Å²) < 4.78 is 17.2. The number of carboxylic acid groups (broad SMARTS) is 1. The zero-order valence-electron chi connectivity index (χ0n) is 23.6. The van der Waals surface area contributed by atoms with Crippen LogP contribution in [-0.2, 0) is 17.6 Å². The number of aromatic carboxylic acids is 1. The lowest BCUT2D eigenvalue weighted by Crippen LogP contribution is -2.42. The van der Waals surface area contributed by atoms with Gasteiger partial charge in [0.15, 0.2) is 5.75 Å². The lowest BCUT2D eigenvalue weighted by Gasteiger charge is -2.29. The summed E-state index contributed by atoms with van der Waals surface area (Å²) in [6, 6.07) is 20.5. The van der Waals surface area contributed by atoms with Crippen LogP contribution in [0.1, 0.15) is 55.1 Å². The van der Waals surface area contributed by atoms with E-state index in [1.165, 1.54) is 0 Å². The monoisotopic (exact) mass is 546 g/mol. The molecule has 8 nitrogen and oxygen atoms in total. The number of rotatable bonds is 10. The predicted molar refractivity (Wildman–Crippen MR) is 155 cm³/mol. The number of hydrogen-bond acceptors (Lipinski definition) is 6. The standard InChI is InChI=1S/C32H38N2O6/c1-32(2,3)40-31(37)34-18-6-9-25(34)21-33-28-17-12-23(11-10-22-7-5-8-24(19-22)30(35)36)20-29(28)39-27-15-13-26(38-4)14-16-27/h5,7-8,12-17,19-20,25,33H,6,9-11,18,21H2,1-4H3,(H,35,36). The summed E-state index contributed by atoms with van der Waals surface area (Å²) in [6.45, 7) is 6.88.